The van der Waals surface area contributed by atoms with Gasteiger partial charge in [-0.2, -0.15) is 0 Å². The minimum Gasteiger partial charge on any atom is -0.495 e. The number of hydrogen-bond acceptors (Lipinski definition) is 3. The van der Waals surface area contributed by atoms with Gasteiger partial charge in [0.25, 0.3) is 0 Å². The van der Waals surface area contributed by atoms with Gasteiger partial charge in [-0.1, -0.05) is 11.6 Å². The number of fused-ring (bicyclic) bond motifs is 1. The van der Waals surface area contributed by atoms with E-state index in [1.807, 2.05) is 34.9 Å². The van der Waals surface area contributed by atoms with Crippen LogP contribution >= 0.6 is 34.2 Å². The van der Waals surface area contributed by atoms with Crippen LogP contribution in [0, 0.1) is 3.57 Å². The van der Waals surface area contributed by atoms with E-state index in [-0.39, 0.29) is 0 Å². The van der Waals surface area contributed by atoms with Gasteiger partial charge >= 0.3 is 0 Å². The highest BCUT2D eigenvalue weighted by Crippen LogP contribution is 2.30. The average Bonchev–Trinajstić information content (AvgIpc) is 2.74. The topological polar surface area (TPSA) is 53.1 Å². The Bertz CT molecular complexity index is 800. The Morgan fingerprint density at radius 2 is 2.05 bits per heavy atom. The summed E-state index contributed by atoms with van der Waals surface area (Å²) >= 11 is 8.31. The van der Waals surface area contributed by atoms with Crippen molar-refractivity contribution in [3.8, 4) is 11.4 Å². The summed E-state index contributed by atoms with van der Waals surface area (Å²) < 4.78 is 8.25. The molecule has 0 saturated carbocycles. The molecule has 0 unspecified atom stereocenters. The minimum atomic E-state index is 0.436. The number of anilines is 1. The smallest absolute Gasteiger partial charge is 0.205 e. The molecule has 20 heavy (non-hydrogen) atoms. The van der Waals surface area contributed by atoms with Crippen molar-refractivity contribution in [1.82, 2.24) is 9.55 Å². The van der Waals surface area contributed by atoms with Gasteiger partial charge in [0.05, 0.1) is 28.9 Å². The van der Waals surface area contributed by atoms with Gasteiger partial charge in [0.1, 0.15) is 5.75 Å². The molecule has 2 aromatic carbocycles. The van der Waals surface area contributed by atoms with Crippen LogP contribution in [-0.4, -0.2) is 16.7 Å². The van der Waals surface area contributed by atoms with Crippen molar-refractivity contribution in [3.05, 3.63) is 45.0 Å². The van der Waals surface area contributed by atoms with E-state index in [4.69, 9.17) is 22.1 Å². The standard InChI is InChI=1S/C14H11ClIN3O/c1-20-13-7-9(3-4-10(13)15)19-12-5-2-8(16)6-11(12)18-14(19)17/h2-7H,1H3,(H2,17,18). The lowest BCUT2D eigenvalue weighted by atomic mass is 10.2. The van der Waals surface area contributed by atoms with Crippen LogP contribution in [0.1, 0.15) is 0 Å². The van der Waals surface area contributed by atoms with Gasteiger partial charge in [-0.3, -0.25) is 4.57 Å². The van der Waals surface area contributed by atoms with Crippen molar-refractivity contribution in [1.29, 1.82) is 0 Å². The first-order valence-electron chi connectivity index (χ1n) is 5.87. The number of imidazole rings is 1. The molecule has 1 heterocycles. The fourth-order valence-electron chi connectivity index (χ4n) is 2.13. The van der Waals surface area contributed by atoms with E-state index in [0.29, 0.717) is 16.7 Å². The first-order valence-corrected chi connectivity index (χ1v) is 7.33. The van der Waals surface area contributed by atoms with Gasteiger partial charge in [-0.05, 0) is 52.9 Å². The average molecular weight is 400 g/mol. The predicted molar refractivity (Wildman–Crippen MR) is 89.8 cm³/mol. The van der Waals surface area contributed by atoms with Crippen LogP contribution in [0.2, 0.25) is 5.02 Å². The van der Waals surface area contributed by atoms with Crippen LogP contribution in [0.15, 0.2) is 36.4 Å². The first kappa shape index (κ1) is 13.5. The number of nitrogens with zero attached hydrogens (tertiary/aromatic N) is 2. The molecule has 1 aromatic heterocycles. The van der Waals surface area contributed by atoms with Crippen molar-refractivity contribution in [2.24, 2.45) is 0 Å². The third-order valence-electron chi connectivity index (χ3n) is 3.04. The SMILES string of the molecule is COc1cc(-n2c(N)nc3cc(I)ccc32)ccc1Cl. The molecular formula is C14H11ClIN3O. The Morgan fingerprint density at radius 3 is 2.80 bits per heavy atom. The minimum absolute atomic E-state index is 0.436. The van der Waals surface area contributed by atoms with Crippen molar-refractivity contribution in [2.45, 2.75) is 0 Å². The number of rotatable bonds is 2. The third kappa shape index (κ3) is 2.20. The van der Waals surface area contributed by atoms with Gasteiger partial charge in [-0.15, -0.1) is 0 Å². The molecule has 0 spiro atoms. The summed E-state index contributed by atoms with van der Waals surface area (Å²) in [5.74, 6) is 1.04. The third-order valence-corrected chi connectivity index (χ3v) is 4.02. The summed E-state index contributed by atoms with van der Waals surface area (Å²) in [6.45, 7) is 0. The van der Waals surface area contributed by atoms with Crippen LogP contribution in [-0.2, 0) is 0 Å². The summed E-state index contributed by atoms with van der Waals surface area (Å²) in [7, 11) is 1.59. The molecule has 0 saturated heterocycles. The van der Waals surface area contributed by atoms with Crippen LogP contribution in [0.5, 0.6) is 5.75 Å². The maximum Gasteiger partial charge on any atom is 0.205 e. The number of benzene rings is 2. The predicted octanol–water partition coefficient (Wildman–Crippen LogP) is 3.87. The number of nitrogen functional groups attached to an aromatic ring is 1. The zero-order valence-corrected chi connectivity index (χ0v) is 13.5. The fraction of sp³-hybridized carbons (Fsp3) is 0.0714. The lowest BCUT2D eigenvalue weighted by Crippen LogP contribution is -2.01. The number of methoxy groups -OCH3 is 1. The quantitative estimate of drug-likeness (QED) is 0.666. The summed E-state index contributed by atoms with van der Waals surface area (Å²) in [6.07, 6.45) is 0. The highest BCUT2D eigenvalue weighted by Gasteiger charge is 2.12. The second kappa shape index (κ2) is 5.14. The summed E-state index contributed by atoms with van der Waals surface area (Å²) in [5.41, 5.74) is 8.72. The molecule has 3 aromatic rings. The molecule has 102 valence electrons. The Hall–Kier alpha value is -1.47. The summed E-state index contributed by atoms with van der Waals surface area (Å²) in [6, 6.07) is 11.5. The zero-order chi connectivity index (χ0) is 14.3. The maximum absolute atomic E-state index is 6.05. The zero-order valence-electron chi connectivity index (χ0n) is 10.6. The molecule has 0 amide bonds. The molecular weight excluding hydrogens is 389 g/mol. The highest BCUT2D eigenvalue weighted by molar-refractivity contribution is 14.1. The number of hydrogen-bond donors (Lipinski definition) is 1. The molecule has 3 rings (SSSR count). The number of ether oxygens (including phenoxy) is 1. The molecule has 0 aliphatic heterocycles. The number of nitrogens with two attached hydrogens (primary N) is 1. The second-order valence-corrected chi connectivity index (χ2v) is 5.91. The Balaban J connectivity index is 2.26. The van der Waals surface area contributed by atoms with Crippen LogP contribution in [0.4, 0.5) is 5.95 Å². The fourth-order valence-corrected chi connectivity index (χ4v) is 2.80. The number of halogens is 2. The lowest BCUT2D eigenvalue weighted by Gasteiger charge is -2.09. The van der Waals surface area contributed by atoms with Crippen LogP contribution < -0.4 is 10.5 Å². The normalized spacial score (nSPS) is 10.9. The molecule has 0 atom stereocenters. The lowest BCUT2D eigenvalue weighted by molar-refractivity contribution is 0.415. The molecule has 4 nitrogen and oxygen atoms in total. The first-order chi connectivity index (χ1) is 9.60. The van der Waals surface area contributed by atoms with Gasteiger partial charge in [0, 0.05) is 9.64 Å². The maximum atomic E-state index is 6.05. The molecule has 0 aliphatic rings. The Labute approximate surface area is 134 Å². The van der Waals surface area contributed by atoms with E-state index in [1.165, 1.54) is 0 Å². The van der Waals surface area contributed by atoms with Gasteiger partial charge in [0.15, 0.2) is 0 Å². The summed E-state index contributed by atoms with van der Waals surface area (Å²) in [5, 5.41) is 0.564. The summed E-state index contributed by atoms with van der Waals surface area (Å²) in [4.78, 5) is 4.39. The van der Waals surface area contributed by atoms with Crippen molar-refractivity contribution in [3.63, 3.8) is 0 Å². The van der Waals surface area contributed by atoms with Crippen molar-refractivity contribution < 1.29 is 4.74 Å². The van der Waals surface area contributed by atoms with Crippen molar-refractivity contribution in [2.75, 3.05) is 12.8 Å². The molecule has 0 aliphatic carbocycles. The Morgan fingerprint density at radius 1 is 1.25 bits per heavy atom. The van der Waals surface area contributed by atoms with E-state index in [9.17, 15) is 0 Å². The Kier molecular flexibility index (Phi) is 3.47. The second-order valence-electron chi connectivity index (χ2n) is 4.26. The van der Waals surface area contributed by atoms with Gasteiger partial charge in [0.2, 0.25) is 5.95 Å². The molecule has 0 fully saturated rings. The molecule has 6 heteroatoms. The van der Waals surface area contributed by atoms with E-state index >= 15 is 0 Å². The van der Waals surface area contributed by atoms with E-state index in [2.05, 4.69) is 27.6 Å². The van der Waals surface area contributed by atoms with Crippen LogP contribution in [0.25, 0.3) is 16.7 Å². The number of aromatic nitrogens is 2. The molecule has 2 N–H and O–H groups in total. The monoisotopic (exact) mass is 399 g/mol. The van der Waals surface area contributed by atoms with E-state index < -0.39 is 0 Å². The molecule has 0 radical (unpaired) electrons. The molecule has 0 bridgehead atoms. The van der Waals surface area contributed by atoms with E-state index in [0.717, 1.165) is 20.3 Å². The highest BCUT2D eigenvalue weighted by atomic mass is 127. The van der Waals surface area contributed by atoms with Gasteiger partial charge in [-0.25, -0.2) is 4.98 Å². The van der Waals surface area contributed by atoms with E-state index in [1.54, 1.807) is 13.2 Å². The van der Waals surface area contributed by atoms with Gasteiger partial charge < -0.3 is 10.5 Å². The van der Waals surface area contributed by atoms with Crippen LogP contribution in [0.3, 0.4) is 0 Å². The van der Waals surface area contributed by atoms with Crippen molar-refractivity contribution >= 4 is 51.2 Å². The largest absolute Gasteiger partial charge is 0.495 e.